The first kappa shape index (κ1) is 11.7. The molecule has 15 heavy (non-hydrogen) atoms. The maximum atomic E-state index is 13.2. The normalized spacial score (nSPS) is 10.0. The molecule has 0 aliphatic carbocycles. The molecule has 0 saturated heterocycles. The average molecular weight is 210 g/mol. The lowest BCUT2D eigenvalue weighted by atomic mass is 10.1. The third kappa shape index (κ3) is 3.70. The highest BCUT2D eigenvalue weighted by Crippen LogP contribution is 2.18. The summed E-state index contributed by atoms with van der Waals surface area (Å²) in [5.41, 5.74) is 0.944. The molecule has 0 saturated carbocycles. The van der Waals surface area contributed by atoms with Crippen LogP contribution in [0.3, 0.4) is 0 Å². The Balaban J connectivity index is 2.48. The number of aryl methyl sites for hydroxylation is 1. The minimum atomic E-state index is -0.328. The van der Waals surface area contributed by atoms with Crippen LogP contribution in [0.4, 0.5) is 4.39 Å². The highest BCUT2D eigenvalue weighted by atomic mass is 19.1. The maximum absolute atomic E-state index is 13.2. The number of rotatable bonds is 6. The van der Waals surface area contributed by atoms with Crippen molar-refractivity contribution in [1.82, 2.24) is 0 Å². The van der Waals surface area contributed by atoms with E-state index in [1.807, 2.05) is 6.07 Å². The Morgan fingerprint density at radius 3 is 2.80 bits per heavy atom. The van der Waals surface area contributed by atoms with E-state index < -0.39 is 0 Å². The highest BCUT2D eigenvalue weighted by Gasteiger charge is 2.02. The van der Waals surface area contributed by atoms with Gasteiger partial charge in [-0.3, -0.25) is 0 Å². The van der Waals surface area contributed by atoms with Crippen LogP contribution in [0.1, 0.15) is 24.8 Å². The van der Waals surface area contributed by atoms with Gasteiger partial charge in [0.25, 0.3) is 0 Å². The van der Waals surface area contributed by atoms with Crippen molar-refractivity contribution in [3.8, 4) is 5.75 Å². The van der Waals surface area contributed by atoms with Crippen LogP contribution in [0, 0.1) is 5.82 Å². The minimum absolute atomic E-state index is 0.270. The summed E-state index contributed by atoms with van der Waals surface area (Å²) >= 11 is 0. The molecule has 0 spiro atoms. The van der Waals surface area contributed by atoms with Crippen LogP contribution in [0.5, 0.6) is 5.75 Å². The monoisotopic (exact) mass is 210 g/mol. The lowest BCUT2D eigenvalue weighted by molar-refractivity contribution is -0.107. The summed E-state index contributed by atoms with van der Waals surface area (Å²) in [6, 6.07) is 4.97. The molecule has 0 atom stereocenters. The SMILES string of the molecule is COc1ccc(CCCCC=O)cc1F. The summed E-state index contributed by atoms with van der Waals surface area (Å²) in [7, 11) is 1.45. The van der Waals surface area contributed by atoms with Gasteiger partial charge in [0.05, 0.1) is 7.11 Å². The van der Waals surface area contributed by atoms with Crippen molar-refractivity contribution in [2.24, 2.45) is 0 Å². The Kier molecular flexibility index (Phi) is 4.81. The van der Waals surface area contributed by atoms with Gasteiger partial charge in [-0.05, 0) is 37.0 Å². The third-order valence-electron chi connectivity index (χ3n) is 2.25. The second kappa shape index (κ2) is 6.17. The van der Waals surface area contributed by atoms with Gasteiger partial charge in [0.15, 0.2) is 11.6 Å². The summed E-state index contributed by atoms with van der Waals surface area (Å²) in [4.78, 5) is 10.1. The van der Waals surface area contributed by atoms with Crippen LogP contribution < -0.4 is 4.74 Å². The molecule has 1 rings (SSSR count). The minimum Gasteiger partial charge on any atom is -0.494 e. The van der Waals surface area contributed by atoms with Crippen molar-refractivity contribution >= 4 is 6.29 Å². The Hall–Kier alpha value is -1.38. The molecule has 0 N–H and O–H groups in total. The molecule has 1 aromatic rings. The van der Waals surface area contributed by atoms with Gasteiger partial charge in [0.1, 0.15) is 6.29 Å². The topological polar surface area (TPSA) is 26.3 Å². The third-order valence-corrected chi connectivity index (χ3v) is 2.25. The van der Waals surface area contributed by atoms with Crippen molar-refractivity contribution in [3.05, 3.63) is 29.6 Å². The molecule has 0 aliphatic heterocycles. The van der Waals surface area contributed by atoms with Crippen molar-refractivity contribution in [3.63, 3.8) is 0 Å². The predicted molar refractivity (Wildman–Crippen MR) is 56.6 cm³/mol. The van der Waals surface area contributed by atoms with E-state index in [-0.39, 0.29) is 11.6 Å². The zero-order valence-electron chi connectivity index (χ0n) is 8.83. The van der Waals surface area contributed by atoms with Gasteiger partial charge in [-0.15, -0.1) is 0 Å². The maximum Gasteiger partial charge on any atom is 0.165 e. The molecule has 0 radical (unpaired) electrons. The first-order valence-corrected chi connectivity index (χ1v) is 5.04. The Labute approximate surface area is 89.1 Å². The first-order valence-electron chi connectivity index (χ1n) is 5.04. The number of carbonyl (C=O) groups excluding carboxylic acids is 1. The van der Waals surface area contributed by atoms with Crippen LogP contribution in [0.15, 0.2) is 18.2 Å². The van der Waals surface area contributed by atoms with Crippen molar-refractivity contribution in [2.75, 3.05) is 7.11 Å². The summed E-state index contributed by atoms with van der Waals surface area (Å²) < 4.78 is 18.1. The number of unbranched alkanes of at least 4 members (excludes halogenated alkanes) is 2. The van der Waals surface area contributed by atoms with Crippen LogP contribution >= 0.6 is 0 Å². The van der Waals surface area contributed by atoms with E-state index in [1.165, 1.54) is 13.2 Å². The molecule has 0 aromatic heterocycles. The number of hydrogen-bond acceptors (Lipinski definition) is 2. The molecule has 82 valence electrons. The number of ether oxygens (including phenoxy) is 1. The molecule has 0 bridgehead atoms. The summed E-state index contributed by atoms with van der Waals surface area (Å²) in [5.74, 6) is -0.0583. The zero-order chi connectivity index (χ0) is 11.1. The Bertz CT molecular complexity index is 323. The molecule has 0 heterocycles. The molecule has 0 unspecified atom stereocenters. The second-order valence-corrected chi connectivity index (χ2v) is 3.38. The fourth-order valence-corrected chi connectivity index (χ4v) is 1.42. The summed E-state index contributed by atoms with van der Waals surface area (Å²) in [6.07, 6.45) is 4.06. The zero-order valence-corrected chi connectivity index (χ0v) is 8.83. The number of aldehydes is 1. The number of halogens is 1. The summed E-state index contributed by atoms with van der Waals surface area (Å²) in [5, 5.41) is 0. The van der Waals surface area contributed by atoms with Gasteiger partial charge in [-0.25, -0.2) is 4.39 Å². The summed E-state index contributed by atoms with van der Waals surface area (Å²) in [6.45, 7) is 0. The molecule has 0 amide bonds. The van der Waals surface area contributed by atoms with Crippen LogP contribution in [0.25, 0.3) is 0 Å². The number of methoxy groups -OCH3 is 1. The van der Waals surface area contributed by atoms with E-state index in [1.54, 1.807) is 6.07 Å². The molecular formula is C12H15FO2. The molecule has 2 nitrogen and oxygen atoms in total. The fourth-order valence-electron chi connectivity index (χ4n) is 1.42. The highest BCUT2D eigenvalue weighted by molar-refractivity contribution is 5.48. The Morgan fingerprint density at radius 2 is 2.20 bits per heavy atom. The molecular weight excluding hydrogens is 195 g/mol. The van der Waals surface area contributed by atoms with E-state index >= 15 is 0 Å². The van der Waals surface area contributed by atoms with Crippen molar-refractivity contribution in [1.29, 1.82) is 0 Å². The lowest BCUT2D eigenvalue weighted by Gasteiger charge is -2.04. The number of hydrogen-bond donors (Lipinski definition) is 0. The van der Waals surface area contributed by atoms with E-state index in [9.17, 15) is 9.18 Å². The second-order valence-electron chi connectivity index (χ2n) is 3.38. The van der Waals surface area contributed by atoms with Gasteiger partial charge in [-0.2, -0.15) is 0 Å². The van der Waals surface area contributed by atoms with Crippen LogP contribution in [0.2, 0.25) is 0 Å². The van der Waals surface area contributed by atoms with E-state index in [0.717, 1.165) is 31.1 Å². The van der Waals surface area contributed by atoms with E-state index in [2.05, 4.69) is 0 Å². The smallest absolute Gasteiger partial charge is 0.165 e. The number of carbonyl (C=O) groups is 1. The Morgan fingerprint density at radius 1 is 1.40 bits per heavy atom. The van der Waals surface area contributed by atoms with E-state index in [0.29, 0.717) is 6.42 Å². The quantitative estimate of drug-likeness (QED) is 0.533. The standard InChI is InChI=1S/C12H15FO2/c1-15-12-7-6-10(9-11(12)13)5-3-2-4-8-14/h6-9H,2-5H2,1H3. The largest absolute Gasteiger partial charge is 0.494 e. The van der Waals surface area contributed by atoms with Crippen LogP contribution in [-0.2, 0) is 11.2 Å². The van der Waals surface area contributed by atoms with Gasteiger partial charge in [-0.1, -0.05) is 6.07 Å². The van der Waals surface area contributed by atoms with Gasteiger partial charge >= 0.3 is 0 Å². The molecule has 3 heteroatoms. The molecule has 1 aromatic carbocycles. The van der Waals surface area contributed by atoms with Crippen LogP contribution in [-0.4, -0.2) is 13.4 Å². The van der Waals surface area contributed by atoms with Gasteiger partial charge in [0, 0.05) is 6.42 Å². The predicted octanol–water partition coefficient (Wildman–Crippen LogP) is 2.75. The van der Waals surface area contributed by atoms with Gasteiger partial charge in [0.2, 0.25) is 0 Å². The average Bonchev–Trinajstić information content (AvgIpc) is 2.25. The first-order chi connectivity index (χ1) is 7.27. The van der Waals surface area contributed by atoms with Gasteiger partial charge < -0.3 is 9.53 Å². The molecule has 0 aliphatic rings. The molecule has 0 fully saturated rings. The number of benzene rings is 1. The fraction of sp³-hybridized carbons (Fsp3) is 0.417. The lowest BCUT2D eigenvalue weighted by Crippen LogP contribution is -1.91. The van der Waals surface area contributed by atoms with Crippen molar-refractivity contribution in [2.45, 2.75) is 25.7 Å². The van der Waals surface area contributed by atoms with E-state index in [4.69, 9.17) is 4.74 Å². The van der Waals surface area contributed by atoms with Crippen molar-refractivity contribution < 1.29 is 13.9 Å².